The molecule has 0 aliphatic rings. The first kappa shape index (κ1) is 52.0. The summed E-state index contributed by atoms with van der Waals surface area (Å²) in [4.78, 5) is 25.3. The smallest absolute Gasteiger partial charge is 0.462 e. The monoisotopic (exact) mass is 775 g/mol. The zero-order valence-corrected chi connectivity index (χ0v) is 36.3. The maximum atomic E-state index is 13.0. The van der Waals surface area contributed by atoms with E-state index in [9.17, 15) is 14.2 Å². The van der Waals surface area contributed by atoms with Crippen LogP contribution in [0.2, 0.25) is 0 Å². The van der Waals surface area contributed by atoms with Gasteiger partial charge in [-0.3, -0.25) is 23.2 Å². The molecular weight excluding hydrogens is 687 g/mol. The highest BCUT2D eigenvalue weighted by molar-refractivity contribution is 7.48. The summed E-state index contributed by atoms with van der Waals surface area (Å²) in [6.45, 7) is 8.12. The summed E-state index contributed by atoms with van der Waals surface area (Å²) < 4.78 is 40.3. The molecule has 0 saturated carbocycles. The normalized spacial score (nSPS) is 13.2. The maximum Gasteiger partial charge on any atom is 0.474 e. The van der Waals surface area contributed by atoms with E-state index >= 15 is 0 Å². The molecule has 53 heavy (non-hydrogen) atoms. The second kappa shape index (κ2) is 40.7. The number of rotatable bonds is 43. The topological polar surface area (TPSA) is 97.4 Å². The number of phosphoric acid groups is 1. The number of hydrogen-bond acceptors (Lipinski definition) is 8. The highest BCUT2D eigenvalue weighted by Crippen LogP contribution is 2.49. The first-order valence-electron chi connectivity index (χ1n) is 22.8. The number of phosphoric ester groups is 1. The SMILES string of the molecule is CCCCCCCCCCCCCCCCCC(=O)OC[C@@H](COP(=O)(OCC)OCCC)OC(=O)CCCCCCCCCCCCCCCCC. The molecule has 0 saturated heterocycles. The van der Waals surface area contributed by atoms with Gasteiger partial charge in [0.1, 0.15) is 6.61 Å². The van der Waals surface area contributed by atoms with Crippen molar-refractivity contribution in [3.8, 4) is 0 Å². The van der Waals surface area contributed by atoms with E-state index in [2.05, 4.69) is 13.8 Å². The fourth-order valence-electron chi connectivity index (χ4n) is 6.55. The van der Waals surface area contributed by atoms with Crippen molar-refractivity contribution in [1.82, 2.24) is 0 Å². The fourth-order valence-corrected chi connectivity index (χ4v) is 7.84. The Kier molecular flexibility index (Phi) is 40.0. The zero-order valence-electron chi connectivity index (χ0n) is 35.5. The van der Waals surface area contributed by atoms with Crippen molar-refractivity contribution in [2.75, 3.05) is 26.4 Å². The standard InChI is InChI=1S/C44H87O8P/c1-5-9-11-13-15-17-19-21-23-25-27-29-31-33-35-37-43(45)48-40-42(41-51-53(47,49-8-4)50-39-7-3)52-44(46)38-36-34-32-30-28-26-24-22-20-18-16-14-12-10-6-2/h42H,5-41H2,1-4H3/t42-,53?/m0/s1. The molecule has 0 N–H and O–H groups in total. The van der Waals surface area contributed by atoms with Crippen molar-refractivity contribution in [2.45, 2.75) is 246 Å². The van der Waals surface area contributed by atoms with Crippen LogP contribution in [0, 0.1) is 0 Å². The van der Waals surface area contributed by atoms with Crippen LogP contribution >= 0.6 is 7.82 Å². The summed E-state index contributed by atoms with van der Waals surface area (Å²) in [5.74, 6) is -0.689. The van der Waals surface area contributed by atoms with Gasteiger partial charge in [0, 0.05) is 12.8 Å². The lowest BCUT2D eigenvalue weighted by atomic mass is 10.0. The summed E-state index contributed by atoms with van der Waals surface area (Å²) in [6, 6.07) is 0. The molecule has 0 aromatic rings. The summed E-state index contributed by atoms with van der Waals surface area (Å²) in [7, 11) is -3.81. The highest BCUT2D eigenvalue weighted by Gasteiger charge is 2.29. The summed E-state index contributed by atoms with van der Waals surface area (Å²) >= 11 is 0. The number of ether oxygens (including phenoxy) is 2. The Bertz CT molecular complexity index is 838. The predicted molar refractivity (Wildman–Crippen MR) is 221 cm³/mol. The fraction of sp³-hybridized carbons (Fsp3) is 0.955. The average molecular weight is 775 g/mol. The third-order valence-electron chi connectivity index (χ3n) is 9.86. The van der Waals surface area contributed by atoms with Gasteiger partial charge in [-0.1, -0.05) is 201 Å². The minimum atomic E-state index is -3.81. The van der Waals surface area contributed by atoms with Crippen LogP contribution in [0.4, 0.5) is 0 Å². The number of unbranched alkanes of at least 4 members (excludes halogenated alkanes) is 28. The Morgan fingerprint density at radius 3 is 1.13 bits per heavy atom. The molecule has 0 bridgehead atoms. The molecule has 0 spiro atoms. The average Bonchev–Trinajstić information content (AvgIpc) is 3.15. The van der Waals surface area contributed by atoms with E-state index in [1.165, 1.54) is 154 Å². The van der Waals surface area contributed by atoms with Crippen LogP contribution in [0.15, 0.2) is 0 Å². The molecule has 0 aromatic carbocycles. The zero-order chi connectivity index (χ0) is 38.9. The van der Waals surface area contributed by atoms with Crippen molar-refractivity contribution in [2.24, 2.45) is 0 Å². The van der Waals surface area contributed by atoms with Gasteiger partial charge in [0.05, 0.1) is 19.8 Å². The molecule has 2 atom stereocenters. The minimum absolute atomic E-state index is 0.151. The molecule has 0 aliphatic carbocycles. The van der Waals surface area contributed by atoms with Crippen LogP contribution in [-0.4, -0.2) is 44.5 Å². The number of esters is 2. The Balaban J connectivity index is 4.28. The molecule has 0 fully saturated rings. The molecule has 316 valence electrons. The first-order valence-corrected chi connectivity index (χ1v) is 24.2. The van der Waals surface area contributed by atoms with Crippen LogP contribution in [0.1, 0.15) is 240 Å². The molecule has 8 nitrogen and oxygen atoms in total. The van der Waals surface area contributed by atoms with Crippen LogP contribution in [0.5, 0.6) is 0 Å². The van der Waals surface area contributed by atoms with Crippen LogP contribution in [0.3, 0.4) is 0 Å². The van der Waals surface area contributed by atoms with E-state index in [0.717, 1.165) is 38.5 Å². The molecule has 0 aromatic heterocycles. The van der Waals surface area contributed by atoms with E-state index in [1.54, 1.807) is 6.92 Å². The largest absolute Gasteiger partial charge is 0.474 e. The van der Waals surface area contributed by atoms with E-state index in [0.29, 0.717) is 12.8 Å². The molecule has 9 heteroatoms. The van der Waals surface area contributed by atoms with E-state index in [1.807, 2.05) is 6.92 Å². The lowest BCUT2D eigenvalue weighted by Crippen LogP contribution is -2.29. The molecular formula is C44H87O8P. The van der Waals surface area contributed by atoms with Crippen molar-refractivity contribution in [3.05, 3.63) is 0 Å². The Morgan fingerprint density at radius 1 is 0.415 bits per heavy atom. The maximum absolute atomic E-state index is 13.0. The summed E-state index contributed by atoms with van der Waals surface area (Å²) in [6.07, 6.45) is 38.3. The van der Waals surface area contributed by atoms with E-state index < -0.39 is 13.9 Å². The number of carbonyl (C=O) groups is 2. The molecule has 0 amide bonds. The van der Waals surface area contributed by atoms with Gasteiger partial charge in [-0.25, -0.2) is 4.57 Å². The van der Waals surface area contributed by atoms with Gasteiger partial charge in [0.25, 0.3) is 0 Å². The lowest BCUT2D eigenvalue weighted by molar-refractivity contribution is -0.161. The number of carbonyl (C=O) groups excluding carboxylic acids is 2. The predicted octanol–water partition coefficient (Wildman–Crippen LogP) is 14.6. The first-order chi connectivity index (χ1) is 25.9. The molecule has 1 unspecified atom stereocenters. The Hall–Kier alpha value is -0.950. The summed E-state index contributed by atoms with van der Waals surface area (Å²) in [5, 5.41) is 0. The molecule has 0 rings (SSSR count). The van der Waals surface area contributed by atoms with Gasteiger partial charge < -0.3 is 9.47 Å². The van der Waals surface area contributed by atoms with Crippen molar-refractivity contribution in [1.29, 1.82) is 0 Å². The lowest BCUT2D eigenvalue weighted by Gasteiger charge is -2.22. The molecule has 0 heterocycles. The highest BCUT2D eigenvalue weighted by atomic mass is 31.2. The quantitative estimate of drug-likeness (QED) is 0.0343. The molecule has 0 radical (unpaired) electrons. The Labute approximate surface area is 328 Å². The third-order valence-corrected chi connectivity index (χ3v) is 11.4. The van der Waals surface area contributed by atoms with E-state index in [-0.39, 0.29) is 44.8 Å². The van der Waals surface area contributed by atoms with Gasteiger partial charge in [-0.05, 0) is 26.2 Å². The van der Waals surface area contributed by atoms with Gasteiger partial charge >= 0.3 is 19.8 Å². The summed E-state index contributed by atoms with van der Waals surface area (Å²) in [5.41, 5.74) is 0. The van der Waals surface area contributed by atoms with Crippen molar-refractivity contribution in [3.63, 3.8) is 0 Å². The van der Waals surface area contributed by atoms with Crippen LogP contribution in [0.25, 0.3) is 0 Å². The van der Waals surface area contributed by atoms with Gasteiger partial charge in [-0.2, -0.15) is 0 Å². The van der Waals surface area contributed by atoms with Crippen molar-refractivity contribution >= 4 is 19.8 Å². The van der Waals surface area contributed by atoms with Crippen molar-refractivity contribution < 1.29 is 37.2 Å². The second-order valence-electron chi connectivity index (χ2n) is 15.2. The Morgan fingerprint density at radius 2 is 0.774 bits per heavy atom. The minimum Gasteiger partial charge on any atom is -0.462 e. The molecule has 0 aliphatic heterocycles. The second-order valence-corrected chi connectivity index (χ2v) is 16.9. The van der Waals surface area contributed by atoms with Gasteiger partial charge in [0.15, 0.2) is 6.10 Å². The third kappa shape index (κ3) is 37.7. The van der Waals surface area contributed by atoms with Crippen LogP contribution in [-0.2, 0) is 37.2 Å². The van der Waals surface area contributed by atoms with E-state index in [4.69, 9.17) is 23.0 Å². The van der Waals surface area contributed by atoms with Crippen LogP contribution < -0.4 is 0 Å². The van der Waals surface area contributed by atoms with Gasteiger partial charge in [-0.15, -0.1) is 0 Å². The van der Waals surface area contributed by atoms with Gasteiger partial charge in [0.2, 0.25) is 0 Å². The number of hydrogen-bond donors (Lipinski definition) is 0.